The van der Waals surface area contributed by atoms with E-state index in [2.05, 4.69) is 20.0 Å². The number of aromatic nitrogens is 2. The zero-order valence-electron chi connectivity index (χ0n) is 18.6. The number of nitrogens with zero attached hydrogens (tertiary/aromatic N) is 3. The Morgan fingerprint density at radius 2 is 1.79 bits per heavy atom. The Labute approximate surface area is 197 Å². The molecule has 0 radical (unpaired) electrons. The maximum absolute atomic E-state index is 12.7. The van der Waals surface area contributed by atoms with Crippen LogP contribution in [0.3, 0.4) is 0 Å². The van der Waals surface area contributed by atoms with Crippen molar-refractivity contribution in [3.63, 3.8) is 0 Å². The van der Waals surface area contributed by atoms with Crippen molar-refractivity contribution >= 4 is 39.2 Å². The lowest BCUT2D eigenvalue weighted by atomic mass is 10.1. The van der Waals surface area contributed by atoms with E-state index in [1.54, 1.807) is 49.3 Å². The standard InChI is InChI=1S/C23H23N5O5S/c1-15-11-12-24-23(25-15)27-34(31,32)20-9-3-17(4-10-20)26-22(30)16-13-21(29)28(14-16)18-5-7-19(33-2)8-6-18/h3-12,16H,13-14H2,1-2H3,(H,26,30)(H,24,25,27). The molecule has 1 unspecified atom stereocenters. The lowest BCUT2D eigenvalue weighted by molar-refractivity contribution is -0.122. The Balaban J connectivity index is 1.39. The van der Waals surface area contributed by atoms with E-state index in [0.717, 1.165) is 0 Å². The number of carbonyl (C=O) groups is 2. The van der Waals surface area contributed by atoms with E-state index in [-0.39, 0.29) is 35.6 Å². The molecule has 4 rings (SSSR count). The first-order chi connectivity index (χ1) is 16.2. The van der Waals surface area contributed by atoms with Crippen LogP contribution in [0.4, 0.5) is 17.3 Å². The van der Waals surface area contributed by atoms with Crippen molar-refractivity contribution in [1.82, 2.24) is 9.97 Å². The van der Waals surface area contributed by atoms with Gasteiger partial charge in [0.05, 0.1) is 17.9 Å². The van der Waals surface area contributed by atoms with E-state index < -0.39 is 15.9 Å². The van der Waals surface area contributed by atoms with Crippen molar-refractivity contribution < 1.29 is 22.7 Å². The predicted octanol–water partition coefficient (Wildman–Crippen LogP) is 2.59. The molecule has 176 valence electrons. The van der Waals surface area contributed by atoms with Crippen molar-refractivity contribution in [3.05, 3.63) is 66.5 Å². The molecule has 0 bridgehead atoms. The van der Waals surface area contributed by atoms with Crippen LogP contribution in [0.25, 0.3) is 0 Å². The largest absolute Gasteiger partial charge is 0.497 e. The Kier molecular flexibility index (Phi) is 6.46. The number of hydrogen-bond acceptors (Lipinski definition) is 7. The van der Waals surface area contributed by atoms with Gasteiger partial charge in [-0.2, -0.15) is 0 Å². The molecule has 34 heavy (non-hydrogen) atoms. The number of methoxy groups -OCH3 is 1. The number of anilines is 3. The fourth-order valence-corrected chi connectivity index (χ4v) is 4.48. The van der Waals surface area contributed by atoms with Crippen LogP contribution in [0.2, 0.25) is 0 Å². The van der Waals surface area contributed by atoms with Crippen LogP contribution in [0.5, 0.6) is 5.75 Å². The van der Waals surface area contributed by atoms with Crippen LogP contribution in [-0.4, -0.2) is 43.9 Å². The Hall–Kier alpha value is -3.99. The topological polar surface area (TPSA) is 131 Å². The Morgan fingerprint density at radius 3 is 2.44 bits per heavy atom. The van der Waals surface area contributed by atoms with Gasteiger partial charge >= 0.3 is 0 Å². The molecular formula is C23H23N5O5S. The molecule has 11 heteroatoms. The van der Waals surface area contributed by atoms with Gasteiger partial charge in [-0.1, -0.05) is 0 Å². The Bertz CT molecular complexity index is 1310. The molecule has 1 aliphatic heterocycles. The number of rotatable bonds is 7. The highest BCUT2D eigenvalue weighted by Crippen LogP contribution is 2.28. The fraction of sp³-hybridized carbons (Fsp3) is 0.217. The molecule has 0 spiro atoms. The third-order valence-electron chi connectivity index (χ3n) is 5.33. The molecule has 2 heterocycles. The number of hydrogen-bond donors (Lipinski definition) is 2. The zero-order valence-corrected chi connectivity index (χ0v) is 19.4. The average molecular weight is 482 g/mol. The maximum Gasteiger partial charge on any atom is 0.264 e. The minimum atomic E-state index is -3.89. The summed E-state index contributed by atoms with van der Waals surface area (Å²) in [5.74, 6) is -0.331. The van der Waals surface area contributed by atoms with Crippen molar-refractivity contribution in [1.29, 1.82) is 0 Å². The smallest absolute Gasteiger partial charge is 0.264 e. The number of ether oxygens (including phenoxy) is 1. The van der Waals surface area contributed by atoms with Gasteiger partial charge in [-0.15, -0.1) is 0 Å². The lowest BCUT2D eigenvalue weighted by Gasteiger charge is -2.17. The third kappa shape index (κ3) is 5.15. The van der Waals surface area contributed by atoms with Gasteiger partial charge in [-0.3, -0.25) is 9.59 Å². The monoisotopic (exact) mass is 481 g/mol. The summed E-state index contributed by atoms with van der Waals surface area (Å²) < 4.78 is 32.6. The van der Waals surface area contributed by atoms with E-state index in [0.29, 0.717) is 22.8 Å². The lowest BCUT2D eigenvalue weighted by Crippen LogP contribution is -2.28. The van der Waals surface area contributed by atoms with Gasteiger partial charge < -0.3 is 15.0 Å². The van der Waals surface area contributed by atoms with Gasteiger partial charge in [0, 0.05) is 36.2 Å². The zero-order chi connectivity index (χ0) is 24.3. The second-order valence-corrected chi connectivity index (χ2v) is 9.43. The normalized spacial score (nSPS) is 15.8. The molecule has 1 saturated heterocycles. The number of benzene rings is 2. The SMILES string of the molecule is COc1ccc(N2CC(C(=O)Nc3ccc(S(=O)(=O)Nc4nccc(C)n4)cc3)CC2=O)cc1. The minimum absolute atomic E-state index is 0.00247. The first-order valence-corrected chi connectivity index (χ1v) is 11.9. The van der Waals surface area contributed by atoms with Gasteiger partial charge in [0.1, 0.15) is 5.75 Å². The number of sulfonamides is 1. The predicted molar refractivity (Wildman–Crippen MR) is 126 cm³/mol. The molecule has 1 atom stereocenters. The van der Waals surface area contributed by atoms with Crippen LogP contribution >= 0.6 is 0 Å². The molecule has 1 aliphatic rings. The number of nitrogens with one attached hydrogen (secondary N) is 2. The molecule has 1 aromatic heterocycles. The molecule has 1 fully saturated rings. The highest BCUT2D eigenvalue weighted by molar-refractivity contribution is 7.92. The van der Waals surface area contributed by atoms with Crippen molar-refractivity contribution in [2.75, 3.05) is 28.6 Å². The number of aryl methyl sites for hydroxylation is 1. The molecular weight excluding hydrogens is 458 g/mol. The molecule has 2 amide bonds. The minimum Gasteiger partial charge on any atom is -0.497 e. The van der Waals surface area contributed by atoms with E-state index in [9.17, 15) is 18.0 Å². The molecule has 0 aliphatic carbocycles. The highest BCUT2D eigenvalue weighted by Gasteiger charge is 2.35. The van der Waals surface area contributed by atoms with Gasteiger partial charge in [0.2, 0.25) is 17.8 Å². The van der Waals surface area contributed by atoms with E-state index >= 15 is 0 Å². The second-order valence-electron chi connectivity index (χ2n) is 7.74. The molecule has 2 aromatic carbocycles. The summed E-state index contributed by atoms with van der Waals surface area (Å²) in [5, 5.41) is 2.75. The first-order valence-electron chi connectivity index (χ1n) is 10.4. The summed E-state index contributed by atoms with van der Waals surface area (Å²) in [6.07, 6.45) is 1.55. The number of carbonyl (C=O) groups excluding carboxylic acids is 2. The highest BCUT2D eigenvalue weighted by atomic mass is 32.2. The van der Waals surface area contributed by atoms with E-state index in [1.807, 2.05) is 0 Å². The van der Waals surface area contributed by atoms with Gasteiger partial charge in [-0.25, -0.2) is 23.1 Å². The molecule has 3 aromatic rings. The maximum atomic E-state index is 12.7. The summed E-state index contributed by atoms with van der Waals surface area (Å²) >= 11 is 0. The summed E-state index contributed by atoms with van der Waals surface area (Å²) in [7, 11) is -2.33. The van der Waals surface area contributed by atoms with E-state index in [1.165, 1.54) is 30.5 Å². The van der Waals surface area contributed by atoms with Crippen LogP contribution in [0.1, 0.15) is 12.1 Å². The Morgan fingerprint density at radius 1 is 1.09 bits per heavy atom. The van der Waals surface area contributed by atoms with Crippen LogP contribution in [0, 0.1) is 12.8 Å². The van der Waals surface area contributed by atoms with E-state index in [4.69, 9.17) is 4.74 Å². The summed E-state index contributed by atoms with van der Waals surface area (Å²) in [6, 6.07) is 14.4. The van der Waals surface area contributed by atoms with Crippen molar-refractivity contribution in [2.24, 2.45) is 5.92 Å². The van der Waals surface area contributed by atoms with Crippen LogP contribution in [0.15, 0.2) is 65.7 Å². The second kappa shape index (κ2) is 9.48. The van der Waals surface area contributed by atoms with Gasteiger partial charge in [0.15, 0.2) is 0 Å². The first kappa shape index (κ1) is 23.2. The summed E-state index contributed by atoms with van der Waals surface area (Å²) in [6.45, 7) is 1.98. The number of amides is 2. The average Bonchev–Trinajstić information content (AvgIpc) is 3.21. The molecule has 2 N–H and O–H groups in total. The van der Waals surface area contributed by atoms with Gasteiger partial charge in [0.25, 0.3) is 10.0 Å². The van der Waals surface area contributed by atoms with Crippen molar-refractivity contribution in [2.45, 2.75) is 18.2 Å². The molecule has 0 saturated carbocycles. The third-order valence-corrected chi connectivity index (χ3v) is 6.68. The summed E-state index contributed by atoms with van der Waals surface area (Å²) in [5.41, 5.74) is 1.74. The van der Waals surface area contributed by atoms with Crippen LogP contribution < -0.4 is 19.7 Å². The summed E-state index contributed by atoms with van der Waals surface area (Å²) in [4.78, 5) is 34.7. The van der Waals surface area contributed by atoms with Gasteiger partial charge in [-0.05, 0) is 61.5 Å². The quantitative estimate of drug-likeness (QED) is 0.530. The molecule has 10 nitrogen and oxygen atoms in total. The van der Waals surface area contributed by atoms with Crippen LogP contribution in [-0.2, 0) is 19.6 Å². The fourth-order valence-electron chi connectivity index (χ4n) is 3.53. The van der Waals surface area contributed by atoms with Crippen molar-refractivity contribution in [3.8, 4) is 5.75 Å².